The molecule has 2 aromatic rings. The second-order valence-corrected chi connectivity index (χ2v) is 7.91. The Morgan fingerprint density at radius 2 is 1.68 bits per heavy atom. The Morgan fingerprint density at radius 3 is 2.32 bits per heavy atom. The van der Waals surface area contributed by atoms with E-state index < -0.39 is 10.0 Å². The normalized spacial score (nSPS) is 17.7. The molecule has 2 heterocycles. The van der Waals surface area contributed by atoms with Crippen molar-refractivity contribution < 1.29 is 8.42 Å². The molecule has 1 fully saturated rings. The van der Waals surface area contributed by atoms with Crippen molar-refractivity contribution in [3.63, 3.8) is 0 Å². The Labute approximate surface area is 132 Å². The van der Waals surface area contributed by atoms with E-state index in [1.165, 1.54) is 0 Å². The lowest BCUT2D eigenvalue weighted by Gasteiger charge is -2.32. The summed E-state index contributed by atoms with van der Waals surface area (Å²) in [7, 11) is -3.23. The Hall–Kier alpha value is -1.59. The Balaban J connectivity index is 1.66. The van der Waals surface area contributed by atoms with E-state index in [4.69, 9.17) is 0 Å². The average molecular weight is 318 g/mol. The third-order valence-electron chi connectivity index (χ3n) is 4.47. The Kier molecular flexibility index (Phi) is 4.36. The standard InChI is InChI=1S/C17H22N2O2S/c1-15-6-2-3-7-16(15)14-22(20,21)19-12-8-17(9-13-19)18-10-4-5-11-18/h2-7,10-11,17H,8-9,12-14H2,1H3. The number of hydrogen-bond donors (Lipinski definition) is 0. The molecule has 3 rings (SSSR count). The van der Waals surface area contributed by atoms with E-state index in [1.807, 2.05) is 43.3 Å². The monoisotopic (exact) mass is 318 g/mol. The molecule has 0 spiro atoms. The van der Waals surface area contributed by atoms with Crippen LogP contribution in [0.2, 0.25) is 0 Å². The minimum atomic E-state index is -3.23. The lowest BCUT2D eigenvalue weighted by molar-refractivity contribution is 0.274. The zero-order valence-corrected chi connectivity index (χ0v) is 13.7. The van der Waals surface area contributed by atoms with Crippen LogP contribution in [0.5, 0.6) is 0 Å². The van der Waals surface area contributed by atoms with Gasteiger partial charge in [-0.25, -0.2) is 12.7 Å². The summed E-state index contributed by atoms with van der Waals surface area (Å²) in [6.45, 7) is 3.18. The van der Waals surface area contributed by atoms with Gasteiger partial charge in [0, 0.05) is 31.5 Å². The van der Waals surface area contributed by atoms with Crippen molar-refractivity contribution in [1.29, 1.82) is 0 Å². The van der Waals surface area contributed by atoms with E-state index in [-0.39, 0.29) is 5.75 Å². The fraction of sp³-hybridized carbons (Fsp3) is 0.412. The van der Waals surface area contributed by atoms with Gasteiger partial charge in [0.1, 0.15) is 0 Å². The molecule has 0 N–H and O–H groups in total. The summed E-state index contributed by atoms with van der Waals surface area (Å²) in [5.41, 5.74) is 1.93. The zero-order chi connectivity index (χ0) is 15.6. The molecular weight excluding hydrogens is 296 g/mol. The van der Waals surface area contributed by atoms with Gasteiger partial charge in [0.05, 0.1) is 5.75 Å². The highest BCUT2D eigenvalue weighted by Gasteiger charge is 2.28. The molecule has 0 unspecified atom stereocenters. The van der Waals surface area contributed by atoms with Gasteiger partial charge in [0.2, 0.25) is 10.0 Å². The number of rotatable bonds is 4. The van der Waals surface area contributed by atoms with E-state index >= 15 is 0 Å². The molecule has 1 saturated heterocycles. The number of piperidine rings is 1. The Morgan fingerprint density at radius 1 is 1.05 bits per heavy atom. The molecule has 22 heavy (non-hydrogen) atoms. The van der Waals surface area contributed by atoms with E-state index in [0.29, 0.717) is 19.1 Å². The minimum Gasteiger partial charge on any atom is -0.351 e. The van der Waals surface area contributed by atoms with E-state index in [0.717, 1.165) is 24.0 Å². The fourth-order valence-corrected chi connectivity index (χ4v) is 4.74. The highest BCUT2D eigenvalue weighted by atomic mass is 32.2. The van der Waals surface area contributed by atoms with Crippen molar-refractivity contribution in [2.75, 3.05) is 13.1 Å². The molecule has 5 heteroatoms. The maximum absolute atomic E-state index is 12.6. The maximum Gasteiger partial charge on any atom is 0.218 e. The molecule has 1 aliphatic heterocycles. The van der Waals surface area contributed by atoms with Crippen LogP contribution in [0.15, 0.2) is 48.8 Å². The summed E-state index contributed by atoms with van der Waals surface area (Å²) in [5.74, 6) is 0.105. The highest BCUT2D eigenvalue weighted by Crippen LogP contribution is 2.25. The zero-order valence-electron chi connectivity index (χ0n) is 12.9. The first-order valence-corrected chi connectivity index (χ1v) is 9.32. The van der Waals surface area contributed by atoms with Crippen LogP contribution in [-0.4, -0.2) is 30.4 Å². The first-order valence-electron chi connectivity index (χ1n) is 7.71. The average Bonchev–Trinajstić information content (AvgIpc) is 3.04. The SMILES string of the molecule is Cc1ccccc1CS(=O)(=O)N1CCC(n2cccc2)CC1. The van der Waals surface area contributed by atoms with Gasteiger partial charge in [-0.1, -0.05) is 24.3 Å². The van der Waals surface area contributed by atoms with Gasteiger partial charge in [0.15, 0.2) is 0 Å². The van der Waals surface area contributed by atoms with Crippen LogP contribution in [0.25, 0.3) is 0 Å². The number of benzene rings is 1. The third kappa shape index (κ3) is 3.25. The summed E-state index contributed by atoms with van der Waals surface area (Å²) in [6.07, 6.45) is 5.87. The quantitative estimate of drug-likeness (QED) is 0.870. The Bertz CT molecular complexity index is 715. The minimum absolute atomic E-state index is 0.105. The van der Waals surface area contributed by atoms with Crippen LogP contribution in [0.1, 0.15) is 30.0 Å². The number of sulfonamides is 1. The summed E-state index contributed by atoms with van der Waals surface area (Å²) in [4.78, 5) is 0. The van der Waals surface area contributed by atoms with Crippen LogP contribution in [-0.2, 0) is 15.8 Å². The molecule has 118 valence electrons. The summed E-state index contributed by atoms with van der Waals surface area (Å²) >= 11 is 0. The fourth-order valence-electron chi connectivity index (χ4n) is 3.07. The summed E-state index contributed by atoms with van der Waals surface area (Å²) in [5, 5.41) is 0. The van der Waals surface area contributed by atoms with Crippen molar-refractivity contribution in [3.8, 4) is 0 Å². The molecule has 0 atom stereocenters. The second kappa shape index (κ2) is 6.26. The van der Waals surface area contributed by atoms with Gasteiger partial charge in [0.25, 0.3) is 0 Å². The van der Waals surface area contributed by atoms with Crippen molar-refractivity contribution in [3.05, 3.63) is 59.9 Å². The van der Waals surface area contributed by atoms with Gasteiger partial charge in [-0.05, 0) is 43.0 Å². The number of aryl methyl sites for hydroxylation is 1. The summed E-state index contributed by atoms with van der Waals surface area (Å²) < 4.78 is 29.1. The largest absolute Gasteiger partial charge is 0.351 e. The molecule has 1 aromatic heterocycles. The van der Waals surface area contributed by atoms with E-state index in [1.54, 1.807) is 4.31 Å². The van der Waals surface area contributed by atoms with Gasteiger partial charge in [-0.15, -0.1) is 0 Å². The molecular formula is C17H22N2O2S. The van der Waals surface area contributed by atoms with Gasteiger partial charge in [-0.2, -0.15) is 0 Å². The van der Waals surface area contributed by atoms with Crippen molar-refractivity contribution in [2.24, 2.45) is 0 Å². The predicted molar refractivity (Wildman–Crippen MR) is 88.1 cm³/mol. The lowest BCUT2D eigenvalue weighted by atomic mass is 10.1. The smallest absolute Gasteiger partial charge is 0.218 e. The third-order valence-corrected chi connectivity index (χ3v) is 6.29. The predicted octanol–water partition coefficient (Wildman–Crippen LogP) is 2.96. The lowest BCUT2D eigenvalue weighted by Crippen LogP contribution is -2.39. The molecule has 1 aromatic carbocycles. The number of nitrogens with zero attached hydrogens (tertiary/aromatic N) is 2. The number of aromatic nitrogens is 1. The van der Waals surface area contributed by atoms with Crippen LogP contribution >= 0.6 is 0 Å². The van der Waals surface area contributed by atoms with Crippen molar-refractivity contribution in [1.82, 2.24) is 8.87 Å². The number of hydrogen-bond acceptors (Lipinski definition) is 2. The van der Waals surface area contributed by atoms with E-state index in [9.17, 15) is 8.42 Å². The van der Waals surface area contributed by atoms with Crippen LogP contribution in [0, 0.1) is 6.92 Å². The van der Waals surface area contributed by atoms with Gasteiger partial charge in [-0.3, -0.25) is 0 Å². The maximum atomic E-state index is 12.6. The first kappa shape index (κ1) is 15.3. The molecule has 0 saturated carbocycles. The van der Waals surface area contributed by atoms with Crippen LogP contribution in [0.3, 0.4) is 0 Å². The van der Waals surface area contributed by atoms with Crippen molar-refractivity contribution in [2.45, 2.75) is 31.6 Å². The van der Waals surface area contributed by atoms with Gasteiger partial charge >= 0.3 is 0 Å². The van der Waals surface area contributed by atoms with Crippen LogP contribution in [0.4, 0.5) is 0 Å². The molecule has 0 bridgehead atoms. The summed E-state index contributed by atoms with van der Waals surface area (Å²) in [6, 6.07) is 12.1. The van der Waals surface area contributed by atoms with Crippen molar-refractivity contribution >= 4 is 10.0 Å². The molecule has 1 aliphatic rings. The highest BCUT2D eigenvalue weighted by molar-refractivity contribution is 7.88. The molecule has 4 nitrogen and oxygen atoms in total. The topological polar surface area (TPSA) is 42.3 Å². The molecule has 0 radical (unpaired) electrons. The second-order valence-electron chi connectivity index (χ2n) is 5.94. The van der Waals surface area contributed by atoms with Crippen LogP contribution < -0.4 is 0 Å². The molecule has 0 aliphatic carbocycles. The molecule has 0 amide bonds. The van der Waals surface area contributed by atoms with E-state index in [2.05, 4.69) is 17.0 Å². The first-order chi connectivity index (χ1) is 10.6. The van der Waals surface area contributed by atoms with Gasteiger partial charge < -0.3 is 4.57 Å².